The third kappa shape index (κ3) is 3.24. The topological polar surface area (TPSA) is 50.9 Å². The molecule has 3 nitrogen and oxygen atoms in total. The zero-order valence-electron chi connectivity index (χ0n) is 12.5. The third-order valence-electron chi connectivity index (χ3n) is 3.57. The highest BCUT2D eigenvalue weighted by Crippen LogP contribution is 2.24. The second-order valence-corrected chi connectivity index (χ2v) is 5.22. The van der Waals surface area contributed by atoms with Crippen molar-refractivity contribution in [3.8, 4) is 0 Å². The lowest BCUT2D eigenvalue weighted by Gasteiger charge is -2.19. The fourth-order valence-corrected chi connectivity index (χ4v) is 2.58. The van der Waals surface area contributed by atoms with Gasteiger partial charge in [0.25, 0.3) is 0 Å². The number of aromatic nitrogens is 1. The zero-order valence-corrected chi connectivity index (χ0v) is 12.5. The van der Waals surface area contributed by atoms with E-state index in [0.29, 0.717) is 0 Å². The average molecular weight is 269 g/mol. The Bertz CT molecular complexity index is 578. The van der Waals surface area contributed by atoms with Crippen LogP contribution in [0, 0.1) is 13.8 Å². The summed E-state index contributed by atoms with van der Waals surface area (Å²) in [6.07, 6.45) is 2.24. The summed E-state index contributed by atoms with van der Waals surface area (Å²) in [4.78, 5) is 4.53. The maximum atomic E-state index is 5.79. The molecule has 0 amide bonds. The zero-order chi connectivity index (χ0) is 14.5. The average Bonchev–Trinajstić information content (AvgIpc) is 2.43. The Morgan fingerprint density at radius 1 is 1.20 bits per heavy atom. The number of hydrazine groups is 1. The first-order chi connectivity index (χ1) is 9.65. The Balaban J connectivity index is 2.38. The van der Waals surface area contributed by atoms with Gasteiger partial charge in [0.05, 0.1) is 6.04 Å². The van der Waals surface area contributed by atoms with Crippen LogP contribution in [-0.2, 0) is 6.42 Å². The van der Waals surface area contributed by atoms with E-state index in [1.165, 1.54) is 11.1 Å². The molecule has 20 heavy (non-hydrogen) atoms. The molecule has 1 aromatic carbocycles. The van der Waals surface area contributed by atoms with Crippen LogP contribution in [0.15, 0.2) is 36.4 Å². The minimum atomic E-state index is -0.0140. The Morgan fingerprint density at radius 2 is 2.00 bits per heavy atom. The van der Waals surface area contributed by atoms with Crippen LogP contribution in [0.25, 0.3) is 0 Å². The molecule has 0 aliphatic carbocycles. The molecule has 106 valence electrons. The Hall–Kier alpha value is -1.71. The highest BCUT2D eigenvalue weighted by Gasteiger charge is 2.15. The van der Waals surface area contributed by atoms with Crippen molar-refractivity contribution in [3.05, 3.63) is 64.5 Å². The first-order valence-corrected chi connectivity index (χ1v) is 7.14. The molecule has 2 aromatic rings. The predicted molar refractivity (Wildman–Crippen MR) is 83.3 cm³/mol. The lowest BCUT2D eigenvalue weighted by Crippen LogP contribution is -2.29. The smallest absolute Gasteiger partial charge is 0.0727 e. The lowest BCUT2D eigenvalue weighted by molar-refractivity contribution is 0.629. The predicted octanol–water partition coefficient (Wildman–Crippen LogP) is 3.20. The Labute approximate surface area is 121 Å². The van der Waals surface area contributed by atoms with Crippen LogP contribution in [0.5, 0.6) is 0 Å². The molecule has 0 bridgehead atoms. The molecule has 3 N–H and O–H groups in total. The van der Waals surface area contributed by atoms with Crippen LogP contribution in [-0.4, -0.2) is 4.98 Å². The van der Waals surface area contributed by atoms with Crippen molar-refractivity contribution in [3.63, 3.8) is 0 Å². The molecule has 0 aliphatic heterocycles. The van der Waals surface area contributed by atoms with Crippen LogP contribution in [0.4, 0.5) is 0 Å². The van der Waals surface area contributed by atoms with Crippen LogP contribution in [0.2, 0.25) is 0 Å². The van der Waals surface area contributed by atoms with E-state index >= 15 is 0 Å². The van der Waals surface area contributed by atoms with E-state index in [9.17, 15) is 0 Å². The molecule has 0 radical (unpaired) electrons. The van der Waals surface area contributed by atoms with Crippen molar-refractivity contribution in [2.45, 2.75) is 39.7 Å². The molecule has 2 rings (SSSR count). The van der Waals surface area contributed by atoms with Gasteiger partial charge in [0.2, 0.25) is 0 Å². The summed E-state index contributed by atoms with van der Waals surface area (Å²) in [6, 6.07) is 12.7. The van der Waals surface area contributed by atoms with Crippen LogP contribution in [0.1, 0.15) is 47.5 Å². The van der Waals surface area contributed by atoms with Gasteiger partial charge in [0.1, 0.15) is 0 Å². The SMILES string of the molecule is CCCc1cccc(C(NN)c2ccc(C)nc2C)c1. The minimum absolute atomic E-state index is 0.0140. The van der Waals surface area contributed by atoms with Gasteiger partial charge in [0, 0.05) is 11.4 Å². The summed E-state index contributed by atoms with van der Waals surface area (Å²) in [7, 11) is 0. The number of pyridine rings is 1. The van der Waals surface area contributed by atoms with E-state index in [1.807, 2.05) is 19.9 Å². The maximum absolute atomic E-state index is 5.79. The van der Waals surface area contributed by atoms with Crippen molar-refractivity contribution >= 4 is 0 Å². The summed E-state index contributed by atoms with van der Waals surface area (Å²) in [5.41, 5.74) is 8.64. The maximum Gasteiger partial charge on any atom is 0.0727 e. The normalized spacial score (nSPS) is 12.4. The second-order valence-electron chi connectivity index (χ2n) is 5.22. The number of hydrogen-bond donors (Lipinski definition) is 2. The largest absolute Gasteiger partial charge is 0.271 e. The van der Waals surface area contributed by atoms with Gasteiger partial charge in [0.15, 0.2) is 0 Å². The molecule has 1 unspecified atom stereocenters. The number of benzene rings is 1. The summed E-state index contributed by atoms with van der Waals surface area (Å²) >= 11 is 0. The minimum Gasteiger partial charge on any atom is -0.271 e. The second kappa shape index (κ2) is 6.64. The molecule has 0 saturated heterocycles. The van der Waals surface area contributed by atoms with Crippen molar-refractivity contribution in [2.24, 2.45) is 5.84 Å². The van der Waals surface area contributed by atoms with Crippen LogP contribution >= 0.6 is 0 Å². The number of nitrogens with two attached hydrogens (primary N) is 1. The van der Waals surface area contributed by atoms with Crippen molar-refractivity contribution in [2.75, 3.05) is 0 Å². The lowest BCUT2D eigenvalue weighted by atomic mass is 9.95. The summed E-state index contributed by atoms with van der Waals surface area (Å²) in [5.74, 6) is 5.79. The van der Waals surface area contributed by atoms with Crippen molar-refractivity contribution < 1.29 is 0 Å². The molecule has 0 aliphatic rings. The number of aryl methyl sites for hydroxylation is 3. The van der Waals surface area contributed by atoms with Gasteiger partial charge < -0.3 is 0 Å². The molecular formula is C17H23N3. The van der Waals surface area contributed by atoms with Crippen molar-refractivity contribution in [1.29, 1.82) is 0 Å². The van der Waals surface area contributed by atoms with Gasteiger partial charge in [-0.25, -0.2) is 5.43 Å². The molecule has 1 heterocycles. The van der Waals surface area contributed by atoms with Gasteiger partial charge >= 0.3 is 0 Å². The number of nitrogens with zero attached hydrogens (tertiary/aromatic N) is 1. The molecule has 0 fully saturated rings. The van der Waals surface area contributed by atoms with E-state index in [-0.39, 0.29) is 6.04 Å². The Kier molecular flexibility index (Phi) is 4.88. The van der Waals surface area contributed by atoms with Crippen LogP contribution in [0.3, 0.4) is 0 Å². The van der Waals surface area contributed by atoms with Gasteiger partial charge in [-0.3, -0.25) is 10.8 Å². The summed E-state index contributed by atoms with van der Waals surface area (Å²) in [5, 5.41) is 0. The van der Waals surface area contributed by atoms with Gasteiger partial charge in [-0.15, -0.1) is 0 Å². The monoisotopic (exact) mass is 269 g/mol. The molecule has 1 aromatic heterocycles. The number of nitrogens with one attached hydrogen (secondary N) is 1. The first kappa shape index (κ1) is 14.7. The molecule has 0 saturated carbocycles. The van der Waals surface area contributed by atoms with Crippen LogP contribution < -0.4 is 11.3 Å². The Morgan fingerprint density at radius 3 is 2.65 bits per heavy atom. The third-order valence-corrected chi connectivity index (χ3v) is 3.57. The summed E-state index contributed by atoms with van der Waals surface area (Å²) in [6.45, 7) is 6.23. The van der Waals surface area contributed by atoms with E-state index in [2.05, 4.69) is 47.7 Å². The van der Waals surface area contributed by atoms with E-state index in [1.54, 1.807) is 0 Å². The van der Waals surface area contributed by atoms with E-state index in [4.69, 9.17) is 5.84 Å². The van der Waals surface area contributed by atoms with Gasteiger partial charge in [-0.2, -0.15) is 0 Å². The quantitative estimate of drug-likeness (QED) is 0.647. The highest BCUT2D eigenvalue weighted by atomic mass is 15.2. The number of rotatable bonds is 5. The highest BCUT2D eigenvalue weighted by molar-refractivity contribution is 5.36. The van der Waals surface area contributed by atoms with E-state index < -0.39 is 0 Å². The van der Waals surface area contributed by atoms with Gasteiger partial charge in [-0.05, 0) is 43.0 Å². The molecule has 3 heteroatoms. The van der Waals surface area contributed by atoms with Gasteiger partial charge in [-0.1, -0.05) is 43.7 Å². The summed E-state index contributed by atoms with van der Waals surface area (Å²) < 4.78 is 0. The molecule has 0 spiro atoms. The molecule has 1 atom stereocenters. The fourth-order valence-electron chi connectivity index (χ4n) is 2.58. The molecular weight excluding hydrogens is 246 g/mol. The van der Waals surface area contributed by atoms with Crippen molar-refractivity contribution in [1.82, 2.24) is 10.4 Å². The van der Waals surface area contributed by atoms with E-state index in [0.717, 1.165) is 29.8 Å². The number of hydrogen-bond acceptors (Lipinski definition) is 3. The first-order valence-electron chi connectivity index (χ1n) is 7.14. The standard InChI is InChI=1S/C17H23N3/c1-4-6-14-7-5-8-15(11-14)17(20-18)16-10-9-12(2)19-13(16)3/h5,7-11,17,20H,4,6,18H2,1-3H3. The fraction of sp³-hybridized carbons (Fsp3) is 0.353.